The summed E-state index contributed by atoms with van der Waals surface area (Å²) in [5, 5.41) is 9.58. The first-order valence-electron chi connectivity index (χ1n) is 3.98. The summed E-state index contributed by atoms with van der Waals surface area (Å²) < 4.78 is 0.238. The van der Waals surface area contributed by atoms with Gasteiger partial charge >= 0.3 is 0 Å². The number of hydrogen-bond donors (Lipinski definition) is 4. The molecule has 0 spiro atoms. The number of nitrogens with one attached hydrogen (secondary N) is 2. The van der Waals surface area contributed by atoms with Crippen molar-refractivity contribution in [3.05, 3.63) is 10.3 Å². The second kappa shape index (κ2) is 5.12. The summed E-state index contributed by atoms with van der Waals surface area (Å²) in [6.07, 6.45) is 1.66. The van der Waals surface area contributed by atoms with Crippen molar-refractivity contribution in [3.8, 4) is 0 Å². The van der Waals surface area contributed by atoms with E-state index in [9.17, 15) is 4.79 Å². The van der Waals surface area contributed by atoms with Crippen molar-refractivity contribution < 1.29 is 4.79 Å². The van der Waals surface area contributed by atoms with Crippen molar-refractivity contribution in [3.63, 3.8) is 0 Å². The number of aromatic nitrogens is 2. The van der Waals surface area contributed by atoms with Crippen LogP contribution >= 0.6 is 27.7 Å². The van der Waals surface area contributed by atoms with Gasteiger partial charge in [0.1, 0.15) is 4.60 Å². The molecule has 1 aromatic rings. The molecule has 0 aromatic carbocycles. The van der Waals surface area contributed by atoms with E-state index >= 15 is 0 Å². The monoisotopic (exact) mass is 304 g/mol. The second-order valence-corrected chi connectivity index (χ2v) is 4.19. The van der Waals surface area contributed by atoms with Gasteiger partial charge in [0, 0.05) is 0 Å². The number of thioether (sulfide) groups is 1. The lowest BCUT2D eigenvalue weighted by atomic mass is 10.4. The number of amides is 1. The normalized spacial score (nSPS) is 9.88. The number of carbonyl (C=O) groups excluding carboxylic acids is 1. The molecule has 1 amide bonds. The molecule has 0 saturated carbocycles. The molecule has 0 saturated heterocycles. The molecule has 0 fully saturated rings. The van der Waals surface area contributed by atoms with E-state index in [0.29, 0.717) is 0 Å². The molecule has 6 N–H and O–H groups in total. The molecule has 16 heavy (non-hydrogen) atoms. The Hall–Kier alpha value is -1.35. The Kier molecular flexibility index (Phi) is 4.07. The standard InChI is InChI=1S/C7H9BrN6OS/c1-16-7(11)14-6(15)2-4(9)13-5(10)3(8)12-2/h1H3,(H4,9,10,13)(H2,11,14,15). The highest BCUT2D eigenvalue weighted by Gasteiger charge is 2.16. The number of halogens is 1. The van der Waals surface area contributed by atoms with Gasteiger partial charge in [0.15, 0.2) is 22.5 Å². The smallest absolute Gasteiger partial charge is 0.279 e. The van der Waals surface area contributed by atoms with Crippen LogP contribution in [0.15, 0.2) is 4.60 Å². The third-order valence-electron chi connectivity index (χ3n) is 1.55. The molecule has 0 aliphatic carbocycles. The summed E-state index contributed by atoms with van der Waals surface area (Å²) in [5.74, 6) is -0.564. The van der Waals surface area contributed by atoms with Crippen LogP contribution in [0.3, 0.4) is 0 Å². The van der Waals surface area contributed by atoms with Gasteiger partial charge in [-0.15, -0.1) is 0 Å². The molecule has 9 heteroatoms. The van der Waals surface area contributed by atoms with Crippen LogP contribution < -0.4 is 16.8 Å². The van der Waals surface area contributed by atoms with E-state index in [1.165, 1.54) is 0 Å². The van der Waals surface area contributed by atoms with Gasteiger partial charge in [0.25, 0.3) is 5.91 Å². The van der Waals surface area contributed by atoms with Crippen molar-refractivity contribution in [2.45, 2.75) is 0 Å². The minimum Gasteiger partial charge on any atom is -0.382 e. The highest BCUT2D eigenvalue weighted by molar-refractivity contribution is 9.10. The average Bonchev–Trinajstić information content (AvgIpc) is 2.23. The van der Waals surface area contributed by atoms with Gasteiger partial charge in [-0.2, -0.15) is 0 Å². The lowest BCUT2D eigenvalue weighted by Crippen LogP contribution is -2.29. The van der Waals surface area contributed by atoms with E-state index in [4.69, 9.17) is 16.9 Å². The lowest BCUT2D eigenvalue weighted by Gasteiger charge is -2.06. The molecular weight excluding hydrogens is 296 g/mol. The van der Waals surface area contributed by atoms with Crippen LogP contribution in [0.25, 0.3) is 0 Å². The molecule has 0 aliphatic rings. The highest BCUT2D eigenvalue weighted by atomic mass is 79.9. The molecule has 1 rings (SSSR count). The van der Waals surface area contributed by atoms with Gasteiger partial charge in [-0.3, -0.25) is 10.2 Å². The van der Waals surface area contributed by atoms with Gasteiger partial charge in [-0.05, 0) is 22.2 Å². The molecule has 7 nitrogen and oxygen atoms in total. The van der Waals surface area contributed by atoms with Crippen molar-refractivity contribution in [1.82, 2.24) is 15.3 Å². The fourth-order valence-corrected chi connectivity index (χ4v) is 1.28. The van der Waals surface area contributed by atoms with Crippen LogP contribution in [-0.4, -0.2) is 27.3 Å². The zero-order valence-corrected chi connectivity index (χ0v) is 10.6. The predicted octanol–water partition coefficient (Wildman–Crippen LogP) is 0.431. The van der Waals surface area contributed by atoms with Gasteiger partial charge < -0.3 is 16.8 Å². The van der Waals surface area contributed by atoms with Crippen LogP contribution in [0.2, 0.25) is 0 Å². The van der Waals surface area contributed by atoms with E-state index < -0.39 is 5.91 Å². The van der Waals surface area contributed by atoms with Crippen LogP contribution in [-0.2, 0) is 0 Å². The quantitative estimate of drug-likeness (QED) is 0.439. The largest absolute Gasteiger partial charge is 0.382 e. The highest BCUT2D eigenvalue weighted by Crippen LogP contribution is 2.17. The number of nitrogens with zero attached hydrogens (tertiary/aromatic N) is 2. The van der Waals surface area contributed by atoms with E-state index in [-0.39, 0.29) is 27.1 Å². The number of anilines is 2. The fourth-order valence-electron chi connectivity index (χ4n) is 0.822. The molecule has 0 radical (unpaired) electrons. The summed E-state index contributed by atoms with van der Waals surface area (Å²) in [5.41, 5.74) is 10.9. The maximum absolute atomic E-state index is 11.6. The molecule has 0 atom stereocenters. The van der Waals surface area contributed by atoms with Crippen LogP contribution in [0, 0.1) is 5.41 Å². The summed E-state index contributed by atoms with van der Waals surface area (Å²) in [6.45, 7) is 0. The SMILES string of the molecule is CSC(=N)NC(=O)c1nc(Br)c(N)nc1N. The van der Waals surface area contributed by atoms with Crippen LogP contribution in [0.5, 0.6) is 0 Å². The minimum absolute atomic E-state index is 0.000789. The summed E-state index contributed by atoms with van der Waals surface area (Å²) in [4.78, 5) is 19.2. The molecule has 86 valence electrons. The van der Waals surface area contributed by atoms with E-state index in [1.807, 2.05) is 0 Å². The van der Waals surface area contributed by atoms with Crippen LogP contribution in [0.1, 0.15) is 10.5 Å². The van der Waals surface area contributed by atoms with Gasteiger partial charge in [-0.25, -0.2) is 9.97 Å². The van der Waals surface area contributed by atoms with E-state index in [1.54, 1.807) is 6.26 Å². The second-order valence-electron chi connectivity index (χ2n) is 2.62. The average molecular weight is 305 g/mol. The molecule has 0 aliphatic heterocycles. The zero-order valence-electron chi connectivity index (χ0n) is 8.24. The van der Waals surface area contributed by atoms with Gasteiger partial charge in [0.2, 0.25) is 0 Å². The first-order valence-corrected chi connectivity index (χ1v) is 5.99. The summed E-state index contributed by atoms with van der Waals surface area (Å²) in [7, 11) is 0. The van der Waals surface area contributed by atoms with E-state index in [0.717, 1.165) is 11.8 Å². The number of carbonyl (C=O) groups is 1. The maximum atomic E-state index is 11.6. The number of hydrogen-bond acceptors (Lipinski definition) is 7. The Balaban J connectivity index is 3.00. The zero-order chi connectivity index (χ0) is 12.3. The van der Waals surface area contributed by atoms with Crippen molar-refractivity contribution in [2.24, 2.45) is 0 Å². The van der Waals surface area contributed by atoms with Crippen LogP contribution in [0.4, 0.5) is 11.6 Å². The van der Waals surface area contributed by atoms with Crippen molar-refractivity contribution in [1.29, 1.82) is 5.41 Å². The topological polar surface area (TPSA) is 131 Å². The lowest BCUT2D eigenvalue weighted by molar-refractivity contribution is 0.0973. The molecule has 1 heterocycles. The first kappa shape index (κ1) is 12.7. The van der Waals surface area contributed by atoms with E-state index in [2.05, 4.69) is 31.2 Å². The number of amidine groups is 1. The summed E-state index contributed by atoms with van der Waals surface area (Å²) >= 11 is 4.13. The van der Waals surface area contributed by atoms with Gasteiger partial charge in [-0.1, -0.05) is 11.8 Å². The predicted molar refractivity (Wildman–Crippen MR) is 67.3 cm³/mol. The van der Waals surface area contributed by atoms with Gasteiger partial charge in [0.05, 0.1) is 0 Å². The Morgan fingerprint density at radius 3 is 2.62 bits per heavy atom. The molecule has 0 bridgehead atoms. The van der Waals surface area contributed by atoms with Crippen molar-refractivity contribution >= 4 is 50.4 Å². The Labute approximate surface area is 104 Å². The minimum atomic E-state index is -0.593. The third kappa shape index (κ3) is 2.83. The first-order chi connectivity index (χ1) is 7.45. The maximum Gasteiger partial charge on any atom is 0.279 e. The number of nitrogens with two attached hydrogens (primary N) is 2. The Morgan fingerprint density at radius 1 is 1.44 bits per heavy atom. The fraction of sp³-hybridized carbons (Fsp3) is 0.143. The molecule has 0 unspecified atom stereocenters. The number of rotatable bonds is 1. The Bertz CT molecular complexity index is 451. The third-order valence-corrected chi connectivity index (χ3v) is 2.64. The van der Waals surface area contributed by atoms with Crippen molar-refractivity contribution in [2.75, 3.05) is 17.7 Å². The number of nitrogen functional groups attached to an aromatic ring is 2. The molecular formula is C7H9BrN6OS. The molecule has 1 aromatic heterocycles. The Morgan fingerprint density at radius 2 is 2.06 bits per heavy atom. The summed E-state index contributed by atoms with van der Waals surface area (Å²) in [6, 6.07) is 0.